The lowest BCUT2D eigenvalue weighted by Gasteiger charge is -2.47. The molecule has 0 radical (unpaired) electrons. The van der Waals surface area contributed by atoms with Crippen molar-refractivity contribution in [2.24, 2.45) is 5.73 Å². The highest BCUT2D eigenvalue weighted by molar-refractivity contribution is 6.30. The van der Waals surface area contributed by atoms with Crippen molar-refractivity contribution in [3.8, 4) is 0 Å². The number of amides is 1. The molecule has 104 valence electrons. The first-order valence-corrected chi connectivity index (χ1v) is 7.22. The molecule has 3 nitrogen and oxygen atoms in total. The Morgan fingerprint density at radius 2 is 2.05 bits per heavy atom. The molecule has 1 aromatic rings. The molecular formula is C15H21ClN2O. The zero-order chi connectivity index (χ0) is 14.0. The molecular weight excluding hydrogens is 260 g/mol. The summed E-state index contributed by atoms with van der Waals surface area (Å²) in [5.41, 5.74) is 6.48. The Morgan fingerprint density at radius 1 is 1.42 bits per heavy atom. The highest BCUT2D eigenvalue weighted by Gasteiger charge is 2.51. The summed E-state index contributed by atoms with van der Waals surface area (Å²) in [5.74, 6) is 0.182. The van der Waals surface area contributed by atoms with E-state index in [4.69, 9.17) is 17.3 Å². The molecule has 4 heteroatoms. The third-order valence-electron chi connectivity index (χ3n) is 4.06. The van der Waals surface area contributed by atoms with E-state index in [1.54, 1.807) is 0 Å². The molecule has 0 aliphatic heterocycles. The Morgan fingerprint density at radius 3 is 2.53 bits per heavy atom. The second kappa shape index (κ2) is 5.51. The Balaban J connectivity index is 2.36. The van der Waals surface area contributed by atoms with Crippen LogP contribution in [0.5, 0.6) is 0 Å². The molecule has 0 bridgehead atoms. The fraction of sp³-hybridized carbons (Fsp3) is 0.533. The molecule has 19 heavy (non-hydrogen) atoms. The third-order valence-corrected chi connectivity index (χ3v) is 4.29. The number of halogens is 1. The van der Waals surface area contributed by atoms with Crippen LogP contribution < -0.4 is 5.73 Å². The number of nitrogens with two attached hydrogens (primary N) is 1. The fourth-order valence-electron chi connectivity index (χ4n) is 2.97. The predicted molar refractivity (Wildman–Crippen MR) is 78.3 cm³/mol. The Hall–Kier alpha value is -1.06. The van der Waals surface area contributed by atoms with Crippen LogP contribution in [-0.4, -0.2) is 29.9 Å². The molecule has 0 heterocycles. The highest BCUT2D eigenvalue weighted by atomic mass is 35.5. The number of rotatable bonds is 4. The van der Waals surface area contributed by atoms with Crippen LogP contribution in [0.4, 0.5) is 0 Å². The van der Waals surface area contributed by atoms with Crippen LogP contribution in [0.3, 0.4) is 0 Å². The minimum absolute atomic E-state index is 0.110. The predicted octanol–water partition coefficient (Wildman–Crippen LogP) is 2.57. The molecule has 0 unspecified atom stereocenters. The van der Waals surface area contributed by atoms with Crippen molar-refractivity contribution in [1.82, 2.24) is 4.90 Å². The molecule has 1 aliphatic carbocycles. The van der Waals surface area contributed by atoms with Gasteiger partial charge in [-0.25, -0.2) is 0 Å². The van der Waals surface area contributed by atoms with Gasteiger partial charge in [-0.2, -0.15) is 0 Å². The number of benzene rings is 1. The molecule has 1 amide bonds. The Labute approximate surface area is 119 Å². The standard InChI is InChI=1S/C15H21ClN2O/c1-3-18(4-2)14(19)15(9-13(17)10-15)11-6-5-7-12(16)8-11/h5-8,13H,3-4,9-10,17H2,1-2H3. The lowest BCUT2D eigenvalue weighted by atomic mass is 9.61. The molecule has 2 rings (SSSR count). The Kier molecular flexibility index (Phi) is 4.16. The van der Waals surface area contributed by atoms with Crippen LogP contribution >= 0.6 is 11.6 Å². The summed E-state index contributed by atoms with van der Waals surface area (Å²) in [5, 5.41) is 0.671. The number of carbonyl (C=O) groups excluding carboxylic acids is 1. The largest absolute Gasteiger partial charge is 0.342 e. The van der Waals surface area contributed by atoms with Crippen molar-refractivity contribution in [3.63, 3.8) is 0 Å². The summed E-state index contributed by atoms with van der Waals surface area (Å²) in [4.78, 5) is 14.7. The van der Waals surface area contributed by atoms with Gasteiger partial charge in [-0.05, 0) is 44.4 Å². The van der Waals surface area contributed by atoms with Crippen LogP contribution in [0, 0.1) is 0 Å². The topological polar surface area (TPSA) is 46.3 Å². The van der Waals surface area contributed by atoms with E-state index in [1.807, 2.05) is 43.0 Å². The van der Waals surface area contributed by atoms with Gasteiger partial charge in [0.2, 0.25) is 5.91 Å². The van der Waals surface area contributed by atoms with Crippen molar-refractivity contribution in [2.45, 2.75) is 38.1 Å². The molecule has 1 saturated carbocycles. The average Bonchev–Trinajstić information content (AvgIpc) is 2.36. The second-order valence-corrected chi connectivity index (χ2v) is 5.67. The van der Waals surface area contributed by atoms with Crippen LogP contribution in [0.2, 0.25) is 5.02 Å². The molecule has 0 aromatic heterocycles. The van der Waals surface area contributed by atoms with Crippen molar-refractivity contribution in [2.75, 3.05) is 13.1 Å². The summed E-state index contributed by atoms with van der Waals surface area (Å²) in [7, 11) is 0. The summed E-state index contributed by atoms with van der Waals surface area (Å²) in [6.45, 7) is 5.47. The molecule has 0 atom stereocenters. The first-order chi connectivity index (χ1) is 9.03. The van der Waals surface area contributed by atoms with E-state index in [0.717, 1.165) is 18.7 Å². The maximum absolute atomic E-state index is 12.8. The highest BCUT2D eigenvalue weighted by Crippen LogP contribution is 2.45. The molecule has 0 saturated heterocycles. The van der Waals surface area contributed by atoms with E-state index < -0.39 is 5.41 Å². The lowest BCUT2D eigenvalue weighted by molar-refractivity contribution is -0.141. The van der Waals surface area contributed by atoms with Gasteiger partial charge >= 0.3 is 0 Å². The van der Waals surface area contributed by atoms with Crippen molar-refractivity contribution in [3.05, 3.63) is 34.9 Å². The zero-order valence-electron chi connectivity index (χ0n) is 11.5. The first kappa shape index (κ1) is 14.4. The van der Waals surface area contributed by atoms with Gasteiger partial charge in [0, 0.05) is 24.2 Å². The van der Waals surface area contributed by atoms with Gasteiger partial charge in [0.25, 0.3) is 0 Å². The minimum atomic E-state index is -0.462. The van der Waals surface area contributed by atoms with Gasteiger partial charge in [-0.3, -0.25) is 4.79 Å². The molecule has 2 N–H and O–H groups in total. The van der Waals surface area contributed by atoms with E-state index in [0.29, 0.717) is 17.9 Å². The van der Waals surface area contributed by atoms with Gasteiger partial charge in [0.1, 0.15) is 0 Å². The average molecular weight is 281 g/mol. The third kappa shape index (κ3) is 2.49. The maximum Gasteiger partial charge on any atom is 0.233 e. The fourth-order valence-corrected chi connectivity index (χ4v) is 3.16. The van der Waals surface area contributed by atoms with Crippen molar-refractivity contribution in [1.29, 1.82) is 0 Å². The molecule has 1 aliphatic rings. The van der Waals surface area contributed by atoms with Crippen LogP contribution in [-0.2, 0) is 10.2 Å². The van der Waals surface area contributed by atoms with Gasteiger partial charge in [0.05, 0.1) is 5.41 Å². The molecule has 1 fully saturated rings. The quantitative estimate of drug-likeness (QED) is 0.921. The number of hydrogen-bond acceptors (Lipinski definition) is 2. The molecule has 1 aromatic carbocycles. The van der Waals surface area contributed by atoms with Crippen molar-refractivity contribution >= 4 is 17.5 Å². The normalized spacial score (nSPS) is 25.8. The van der Waals surface area contributed by atoms with Gasteiger partial charge in [0.15, 0.2) is 0 Å². The van der Waals surface area contributed by atoms with Crippen LogP contribution in [0.15, 0.2) is 24.3 Å². The first-order valence-electron chi connectivity index (χ1n) is 6.84. The summed E-state index contributed by atoms with van der Waals surface area (Å²) in [6.07, 6.45) is 1.42. The number of nitrogens with zero attached hydrogens (tertiary/aromatic N) is 1. The molecule has 0 spiro atoms. The van der Waals surface area contributed by atoms with Crippen molar-refractivity contribution < 1.29 is 4.79 Å². The van der Waals surface area contributed by atoms with E-state index in [-0.39, 0.29) is 11.9 Å². The van der Waals surface area contributed by atoms with Gasteiger partial charge in [-0.1, -0.05) is 23.7 Å². The monoisotopic (exact) mass is 280 g/mol. The lowest BCUT2D eigenvalue weighted by Crippen LogP contribution is -2.58. The summed E-state index contributed by atoms with van der Waals surface area (Å²) in [6, 6.07) is 7.73. The summed E-state index contributed by atoms with van der Waals surface area (Å²) < 4.78 is 0. The van der Waals surface area contributed by atoms with E-state index in [9.17, 15) is 4.79 Å². The van der Waals surface area contributed by atoms with Gasteiger partial charge in [-0.15, -0.1) is 0 Å². The summed E-state index contributed by atoms with van der Waals surface area (Å²) >= 11 is 6.06. The minimum Gasteiger partial charge on any atom is -0.342 e. The van der Waals surface area contributed by atoms with E-state index >= 15 is 0 Å². The van der Waals surface area contributed by atoms with Crippen LogP contribution in [0.1, 0.15) is 32.3 Å². The van der Waals surface area contributed by atoms with E-state index in [2.05, 4.69) is 0 Å². The van der Waals surface area contributed by atoms with Crippen LogP contribution in [0.25, 0.3) is 0 Å². The van der Waals surface area contributed by atoms with Gasteiger partial charge < -0.3 is 10.6 Å². The number of likely N-dealkylation sites (N-methyl/N-ethyl adjacent to an activating group) is 1. The zero-order valence-corrected chi connectivity index (χ0v) is 12.3. The maximum atomic E-state index is 12.8. The number of carbonyl (C=O) groups is 1. The van der Waals surface area contributed by atoms with E-state index in [1.165, 1.54) is 0 Å². The smallest absolute Gasteiger partial charge is 0.233 e. The number of hydrogen-bond donors (Lipinski definition) is 1. The Bertz CT molecular complexity index is 465. The second-order valence-electron chi connectivity index (χ2n) is 5.24. The SMILES string of the molecule is CCN(CC)C(=O)C1(c2cccc(Cl)c2)CC(N)C1.